The molecule has 1 aromatic rings. The largest absolute Gasteiger partial charge is 0.364 e. The highest BCUT2D eigenvalue weighted by Crippen LogP contribution is 2.66. The summed E-state index contributed by atoms with van der Waals surface area (Å²) in [6.07, 6.45) is 5.62. The summed E-state index contributed by atoms with van der Waals surface area (Å²) < 4.78 is 13.8. The minimum Gasteiger partial charge on any atom is -0.364 e. The van der Waals surface area contributed by atoms with Gasteiger partial charge in [-0.3, -0.25) is 0 Å². The van der Waals surface area contributed by atoms with Crippen LogP contribution < -0.4 is 5.32 Å². The fourth-order valence-corrected chi connectivity index (χ4v) is 4.23. The molecule has 1 N–H and O–H groups in total. The van der Waals surface area contributed by atoms with Gasteiger partial charge in [0.15, 0.2) is 11.6 Å². The zero-order chi connectivity index (χ0) is 11.6. The van der Waals surface area contributed by atoms with Gasteiger partial charge in [0, 0.05) is 6.04 Å². The lowest BCUT2D eigenvalue weighted by atomic mass is 10.0. The van der Waals surface area contributed by atoms with E-state index in [9.17, 15) is 4.39 Å². The van der Waals surface area contributed by atoms with Crippen molar-refractivity contribution in [1.29, 1.82) is 0 Å². The zero-order valence-electron chi connectivity index (χ0n) is 9.86. The standard InChI is InChI=1S/C13H16FN3/c1-6-11(14)13(16-5-15-6)17-12-9-7-2-3-8(4-7)10(9)12/h5,7-10,12H,2-4H2,1H3,(H,15,16,17). The Morgan fingerprint density at radius 2 is 1.94 bits per heavy atom. The Kier molecular flexibility index (Phi) is 1.83. The van der Waals surface area contributed by atoms with Crippen LogP contribution in [0.25, 0.3) is 0 Å². The van der Waals surface area contributed by atoms with Gasteiger partial charge >= 0.3 is 0 Å². The predicted molar refractivity (Wildman–Crippen MR) is 61.9 cm³/mol. The van der Waals surface area contributed by atoms with Gasteiger partial charge in [-0.2, -0.15) is 0 Å². The molecule has 3 saturated carbocycles. The number of hydrogen-bond acceptors (Lipinski definition) is 3. The Morgan fingerprint density at radius 3 is 2.65 bits per heavy atom. The van der Waals surface area contributed by atoms with E-state index in [-0.39, 0.29) is 5.82 Å². The van der Waals surface area contributed by atoms with Crippen molar-refractivity contribution in [3.05, 3.63) is 17.8 Å². The van der Waals surface area contributed by atoms with Gasteiger partial charge in [0.05, 0.1) is 5.69 Å². The topological polar surface area (TPSA) is 37.8 Å². The monoisotopic (exact) mass is 233 g/mol. The van der Waals surface area contributed by atoms with E-state index in [1.54, 1.807) is 6.92 Å². The average Bonchev–Trinajstić information content (AvgIpc) is 2.72. The third-order valence-electron chi connectivity index (χ3n) is 5.00. The van der Waals surface area contributed by atoms with Crippen LogP contribution in [0.15, 0.2) is 6.33 Å². The first-order valence-electron chi connectivity index (χ1n) is 6.49. The van der Waals surface area contributed by atoms with Crippen LogP contribution >= 0.6 is 0 Å². The van der Waals surface area contributed by atoms with E-state index in [1.807, 2.05) is 0 Å². The van der Waals surface area contributed by atoms with Gasteiger partial charge in [0.25, 0.3) is 0 Å². The van der Waals surface area contributed by atoms with Gasteiger partial charge in [0.2, 0.25) is 0 Å². The van der Waals surface area contributed by atoms with Gasteiger partial charge in [-0.1, -0.05) is 0 Å². The zero-order valence-corrected chi connectivity index (χ0v) is 9.86. The van der Waals surface area contributed by atoms with Crippen LogP contribution in [0.2, 0.25) is 0 Å². The molecule has 3 aliphatic rings. The quantitative estimate of drug-likeness (QED) is 0.852. The van der Waals surface area contributed by atoms with E-state index in [2.05, 4.69) is 15.3 Å². The summed E-state index contributed by atoms with van der Waals surface area (Å²) in [4.78, 5) is 7.88. The Morgan fingerprint density at radius 1 is 1.24 bits per heavy atom. The molecule has 3 nitrogen and oxygen atoms in total. The maximum Gasteiger partial charge on any atom is 0.186 e. The van der Waals surface area contributed by atoms with Crippen molar-refractivity contribution in [3.8, 4) is 0 Å². The highest BCUT2D eigenvalue weighted by molar-refractivity contribution is 5.42. The molecule has 0 amide bonds. The second kappa shape index (κ2) is 3.18. The van der Waals surface area contributed by atoms with Gasteiger partial charge in [-0.05, 0) is 49.9 Å². The number of aryl methyl sites for hydroxylation is 1. The molecule has 0 radical (unpaired) electrons. The third-order valence-corrected chi connectivity index (χ3v) is 5.00. The Labute approximate surface area is 99.9 Å². The number of aromatic nitrogens is 2. The minimum atomic E-state index is -0.287. The summed E-state index contributed by atoms with van der Waals surface area (Å²) in [6, 6.07) is 0.477. The first-order valence-corrected chi connectivity index (χ1v) is 6.49. The van der Waals surface area contributed by atoms with Crippen LogP contribution in [0.5, 0.6) is 0 Å². The summed E-state index contributed by atoms with van der Waals surface area (Å²) in [5.74, 6) is 3.50. The summed E-state index contributed by atoms with van der Waals surface area (Å²) in [7, 11) is 0. The molecule has 1 aromatic heterocycles. The van der Waals surface area contributed by atoms with E-state index in [0.29, 0.717) is 17.6 Å². The van der Waals surface area contributed by atoms with Crippen LogP contribution in [-0.2, 0) is 0 Å². The molecule has 2 bridgehead atoms. The van der Waals surface area contributed by atoms with Crippen molar-refractivity contribution in [2.75, 3.05) is 5.32 Å². The van der Waals surface area contributed by atoms with Gasteiger partial charge in [-0.15, -0.1) is 0 Å². The molecule has 4 atom stereocenters. The SMILES string of the molecule is Cc1ncnc(NC2C3C4CCC(C4)C23)c1F. The molecule has 17 heavy (non-hydrogen) atoms. The van der Waals surface area contributed by atoms with Crippen LogP contribution in [0.4, 0.5) is 10.2 Å². The van der Waals surface area contributed by atoms with Crippen LogP contribution in [0, 0.1) is 36.4 Å². The first-order chi connectivity index (χ1) is 8.25. The van der Waals surface area contributed by atoms with E-state index in [4.69, 9.17) is 0 Å². The maximum absolute atomic E-state index is 13.8. The molecule has 0 aliphatic heterocycles. The second-order valence-electron chi connectivity index (χ2n) is 5.78. The number of hydrogen-bond donors (Lipinski definition) is 1. The highest BCUT2D eigenvalue weighted by Gasteiger charge is 2.65. The maximum atomic E-state index is 13.8. The van der Waals surface area contributed by atoms with Gasteiger partial charge in [0.1, 0.15) is 6.33 Å². The lowest BCUT2D eigenvalue weighted by Gasteiger charge is -2.11. The van der Waals surface area contributed by atoms with Crippen molar-refractivity contribution in [2.24, 2.45) is 23.7 Å². The van der Waals surface area contributed by atoms with Gasteiger partial charge < -0.3 is 5.32 Å². The molecule has 0 spiro atoms. The fraction of sp³-hybridized carbons (Fsp3) is 0.692. The molecule has 0 saturated heterocycles. The van der Waals surface area contributed by atoms with E-state index in [1.165, 1.54) is 25.6 Å². The first kappa shape index (κ1) is 9.80. The second-order valence-corrected chi connectivity index (χ2v) is 5.78. The Balaban J connectivity index is 1.55. The molecule has 4 rings (SSSR count). The number of rotatable bonds is 2. The van der Waals surface area contributed by atoms with Crippen LogP contribution in [0.1, 0.15) is 25.0 Å². The molecule has 0 aromatic carbocycles. The molecular formula is C13H16FN3. The molecule has 4 unspecified atom stereocenters. The minimum absolute atomic E-state index is 0.287. The smallest absolute Gasteiger partial charge is 0.186 e. The van der Waals surface area contributed by atoms with Crippen LogP contribution in [0.3, 0.4) is 0 Å². The normalized spacial score (nSPS) is 41.4. The Bertz CT molecular complexity index is 460. The van der Waals surface area contributed by atoms with Crippen molar-refractivity contribution >= 4 is 5.82 Å². The van der Waals surface area contributed by atoms with E-state index < -0.39 is 0 Å². The lowest BCUT2D eigenvalue weighted by Crippen LogP contribution is -2.15. The molecule has 4 heteroatoms. The fourth-order valence-electron chi connectivity index (χ4n) is 4.23. The third kappa shape index (κ3) is 1.27. The molecule has 3 fully saturated rings. The van der Waals surface area contributed by atoms with Crippen molar-refractivity contribution in [1.82, 2.24) is 9.97 Å². The molecule has 1 heterocycles. The predicted octanol–water partition coefficient (Wildman–Crippen LogP) is 2.38. The summed E-state index contributed by atoms with van der Waals surface area (Å²) in [6.45, 7) is 1.68. The lowest BCUT2D eigenvalue weighted by molar-refractivity contribution is 0.456. The number of halogens is 1. The van der Waals surface area contributed by atoms with Gasteiger partial charge in [-0.25, -0.2) is 14.4 Å². The summed E-state index contributed by atoms with van der Waals surface area (Å²) in [5.41, 5.74) is 0.427. The van der Waals surface area contributed by atoms with E-state index >= 15 is 0 Å². The van der Waals surface area contributed by atoms with Crippen LogP contribution in [-0.4, -0.2) is 16.0 Å². The number of nitrogens with zero attached hydrogens (tertiary/aromatic N) is 2. The summed E-state index contributed by atoms with van der Waals surface area (Å²) >= 11 is 0. The van der Waals surface area contributed by atoms with Crippen molar-refractivity contribution < 1.29 is 4.39 Å². The molecule has 90 valence electrons. The summed E-state index contributed by atoms with van der Waals surface area (Å²) in [5, 5.41) is 3.30. The average molecular weight is 233 g/mol. The highest BCUT2D eigenvalue weighted by atomic mass is 19.1. The number of fused-ring (bicyclic) bond motifs is 5. The molecule has 3 aliphatic carbocycles. The van der Waals surface area contributed by atoms with Crippen molar-refractivity contribution in [3.63, 3.8) is 0 Å². The van der Waals surface area contributed by atoms with Crippen molar-refractivity contribution in [2.45, 2.75) is 32.2 Å². The van der Waals surface area contributed by atoms with E-state index in [0.717, 1.165) is 23.7 Å². The number of nitrogens with one attached hydrogen (secondary N) is 1. The molecular weight excluding hydrogens is 217 g/mol. The number of anilines is 1. The Hall–Kier alpha value is -1.19.